The van der Waals surface area contributed by atoms with Crippen LogP contribution >= 0.6 is 15.9 Å². The summed E-state index contributed by atoms with van der Waals surface area (Å²) < 4.78 is 0.849. The minimum absolute atomic E-state index is 0.849. The third-order valence-corrected chi connectivity index (χ3v) is 3.25. The molecule has 3 heteroatoms. The average molecular weight is 287 g/mol. The molecule has 0 unspecified atom stereocenters. The molecule has 0 saturated carbocycles. The molecule has 3 aromatic rings. The molecule has 17 heavy (non-hydrogen) atoms. The lowest BCUT2D eigenvalue weighted by Gasteiger charge is -1.97. The third-order valence-electron chi connectivity index (χ3n) is 2.81. The number of hydrogen-bond donors (Lipinski definition) is 1. The first-order valence-corrected chi connectivity index (χ1v) is 6.24. The highest BCUT2D eigenvalue weighted by molar-refractivity contribution is 9.10. The topological polar surface area (TPSA) is 28.7 Å². The van der Waals surface area contributed by atoms with Gasteiger partial charge in [0.05, 0.1) is 0 Å². The number of benzene rings is 1. The Morgan fingerprint density at radius 1 is 1.06 bits per heavy atom. The predicted molar refractivity (Wildman–Crippen MR) is 74.0 cm³/mol. The second-order valence-corrected chi connectivity index (χ2v) is 4.93. The lowest BCUT2D eigenvalue weighted by atomic mass is 10.1. The number of nitrogens with one attached hydrogen (secondary N) is 1. The van der Waals surface area contributed by atoms with Gasteiger partial charge < -0.3 is 4.98 Å². The van der Waals surface area contributed by atoms with Crippen molar-refractivity contribution in [1.82, 2.24) is 9.97 Å². The molecule has 0 aliphatic heterocycles. The Kier molecular flexibility index (Phi) is 2.48. The molecule has 2 nitrogen and oxygen atoms in total. The number of pyridine rings is 1. The number of rotatable bonds is 1. The summed E-state index contributed by atoms with van der Waals surface area (Å²) in [5, 5.41) is 1.13. The van der Waals surface area contributed by atoms with Crippen LogP contribution in [0.3, 0.4) is 0 Å². The Labute approximate surface area is 108 Å². The van der Waals surface area contributed by atoms with Crippen LogP contribution in [0.15, 0.2) is 47.1 Å². The van der Waals surface area contributed by atoms with Gasteiger partial charge in [0, 0.05) is 11.1 Å². The maximum atomic E-state index is 4.40. The molecule has 0 saturated heterocycles. The van der Waals surface area contributed by atoms with Crippen molar-refractivity contribution in [3.05, 3.63) is 52.6 Å². The van der Waals surface area contributed by atoms with Gasteiger partial charge in [-0.25, -0.2) is 4.98 Å². The minimum atomic E-state index is 0.849. The van der Waals surface area contributed by atoms with Crippen molar-refractivity contribution in [3.8, 4) is 11.3 Å². The Hall–Kier alpha value is -1.61. The molecule has 0 aliphatic rings. The second-order valence-electron chi connectivity index (χ2n) is 4.12. The quantitative estimate of drug-likeness (QED) is 0.664. The molecule has 84 valence electrons. The molecule has 0 spiro atoms. The first-order valence-electron chi connectivity index (χ1n) is 5.45. The molecule has 0 fully saturated rings. The molecular weight excluding hydrogens is 276 g/mol. The standard InChI is InChI=1S/C14H11BrN2/c1-9-2-4-10(5-3-9)12-8-11-6-7-13(15)17-14(11)16-12/h2-8H,1H3,(H,16,17). The fourth-order valence-electron chi connectivity index (χ4n) is 1.87. The maximum Gasteiger partial charge on any atom is 0.139 e. The SMILES string of the molecule is Cc1ccc(-c2cc3ccc(Br)nc3[nH]2)cc1. The number of nitrogens with zero attached hydrogens (tertiary/aromatic N) is 1. The van der Waals surface area contributed by atoms with E-state index >= 15 is 0 Å². The first kappa shape index (κ1) is 10.5. The molecule has 0 bridgehead atoms. The molecule has 1 aromatic carbocycles. The van der Waals surface area contributed by atoms with Crippen LogP contribution in [0.1, 0.15) is 5.56 Å². The molecule has 0 amide bonds. The van der Waals surface area contributed by atoms with E-state index in [1.165, 1.54) is 11.1 Å². The van der Waals surface area contributed by atoms with Gasteiger partial charge >= 0.3 is 0 Å². The largest absolute Gasteiger partial charge is 0.339 e. The van der Waals surface area contributed by atoms with Gasteiger partial charge in [0.2, 0.25) is 0 Å². The van der Waals surface area contributed by atoms with Gasteiger partial charge in [0.1, 0.15) is 10.3 Å². The molecule has 1 N–H and O–H groups in total. The number of H-pyrrole nitrogens is 1. The second kappa shape index (κ2) is 4.00. The van der Waals surface area contributed by atoms with E-state index in [0.29, 0.717) is 0 Å². The maximum absolute atomic E-state index is 4.40. The van der Waals surface area contributed by atoms with Crippen LogP contribution in [0.4, 0.5) is 0 Å². The van der Waals surface area contributed by atoms with Crippen molar-refractivity contribution in [2.24, 2.45) is 0 Å². The lowest BCUT2D eigenvalue weighted by molar-refractivity contribution is 1.29. The summed E-state index contributed by atoms with van der Waals surface area (Å²) in [5.74, 6) is 0. The van der Waals surface area contributed by atoms with E-state index < -0.39 is 0 Å². The Morgan fingerprint density at radius 3 is 2.59 bits per heavy atom. The molecule has 0 aliphatic carbocycles. The highest BCUT2D eigenvalue weighted by Crippen LogP contribution is 2.24. The van der Waals surface area contributed by atoms with Crippen molar-refractivity contribution in [2.45, 2.75) is 6.92 Å². The van der Waals surface area contributed by atoms with Crippen LogP contribution in [0.25, 0.3) is 22.3 Å². The summed E-state index contributed by atoms with van der Waals surface area (Å²) in [6.45, 7) is 2.09. The molecule has 3 rings (SSSR count). The van der Waals surface area contributed by atoms with Crippen LogP contribution in [0.5, 0.6) is 0 Å². The van der Waals surface area contributed by atoms with Crippen LogP contribution in [0.2, 0.25) is 0 Å². The zero-order valence-electron chi connectivity index (χ0n) is 9.37. The van der Waals surface area contributed by atoms with Crippen molar-refractivity contribution in [3.63, 3.8) is 0 Å². The summed E-state index contributed by atoms with van der Waals surface area (Å²) in [6, 6.07) is 14.6. The monoisotopic (exact) mass is 286 g/mol. The van der Waals surface area contributed by atoms with Crippen molar-refractivity contribution >= 4 is 27.0 Å². The van der Waals surface area contributed by atoms with E-state index in [4.69, 9.17) is 0 Å². The number of halogens is 1. The zero-order chi connectivity index (χ0) is 11.8. The summed E-state index contributed by atoms with van der Waals surface area (Å²) >= 11 is 3.38. The van der Waals surface area contributed by atoms with Crippen LogP contribution in [-0.4, -0.2) is 9.97 Å². The Bertz CT molecular complexity index is 668. The van der Waals surface area contributed by atoms with E-state index in [1.54, 1.807) is 0 Å². The van der Waals surface area contributed by atoms with E-state index in [0.717, 1.165) is 21.3 Å². The molecule has 0 atom stereocenters. The summed E-state index contributed by atoms with van der Waals surface area (Å²) in [4.78, 5) is 7.73. The van der Waals surface area contributed by atoms with Crippen LogP contribution < -0.4 is 0 Å². The normalized spacial score (nSPS) is 10.9. The number of aromatic amines is 1. The van der Waals surface area contributed by atoms with E-state index in [1.807, 2.05) is 6.07 Å². The number of hydrogen-bond acceptors (Lipinski definition) is 1. The van der Waals surface area contributed by atoms with Crippen molar-refractivity contribution < 1.29 is 0 Å². The highest BCUT2D eigenvalue weighted by Gasteiger charge is 2.04. The average Bonchev–Trinajstić information content (AvgIpc) is 2.72. The Balaban J connectivity index is 2.14. The first-order chi connectivity index (χ1) is 8.22. The zero-order valence-corrected chi connectivity index (χ0v) is 11.0. The van der Waals surface area contributed by atoms with Crippen molar-refractivity contribution in [1.29, 1.82) is 0 Å². The number of aryl methyl sites for hydroxylation is 1. The van der Waals surface area contributed by atoms with Gasteiger partial charge in [0.25, 0.3) is 0 Å². The van der Waals surface area contributed by atoms with E-state index in [-0.39, 0.29) is 0 Å². The molecule has 2 aromatic heterocycles. The van der Waals surface area contributed by atoms with Gasteiger partial charge in [0.15, 0.2) is 0 Å². The number of aromatic nitrogens is 2. The van der Waals surface area contributed by atoms with Gasteiger partial charge in [-0.05, 0) is 46.6 Å². The fourth-order valence-corrected chi connectivity index (χ4v) is 2.18. The van der Waals surface area contributed by atoms with Gasteiger partial charge in [-0.15, -0.1) is 0 Å². The van der Waals surface area contributed by atoms with E-state index in [2.05, 4.69) is 69.2 Å². The van der Waals surface area contributed by atoms with Gasteiger partial charge in [-0.1, -0.05) is 29.8 Å². The fraction of sp³-hybridized carbons (Fsp3) is 0.0714. The smallest absolute Gasteiger partial charge is 0.139 e. The van der Waals surface area contributed by atoms with E-state index in [9.17, 15) is 0 Å². The van der Waals surface area contributed by atoms with Crippen LogP contribution in [-0.2, 0) is 0 Å². The summed E-state index contributed by atoms with van der Waals surface area (Å²) in [6.07, 6.45) is 0. The third kappa shape index (κ3) is 1.98. The molecule has 0 radical (unpaired) electrons. The number of fused-ring (bicyclic) bond motifs is 1. The van der Waals surface area contributed by atoms with Gasteiger partial charge in [-0.2, -0.15) is 0 Å². The van der Waals surface area contributed by atoms with Crippen LogP contribution in [0, 0.1) is 6.92 Å². The predicted octanol–water partition coefficient (Wildman–Crippen LogP) is 4.30. The highest BCUT2D eigenvalue weighted by atomic mass is 79.9. The Morgan fingerprint density at radius 2 is 1.82 bits per heavy atom. The minimum Gasteiger partial charge on any atom is -0.339 e. The molecular formula is C14H11BrN2. The molecule has 2 heterocycles. The summed E-state index contributed by atoms with van der Waals surface area (Å²) in [7, 11) is 0. The van der Waals surface area contributed by atoms with Crippen molar-refractivity contribution in [2.75, 3.05) is 0 Å². The van der Waals surface area contributed by atoms with Gasteiger partial charge in [-0.3, -0.25) is 0 Å². The summed E-state index contributed by atoms with van der Waals surface area (Å²) in [5.41, 5.74) is 4.47. The lowest BCUT2D eigenvalue weighted by Crippen LogP contribution is -1.79.